The molecule has 0 amide bonds. The van der Waals surface area contributed by atoms with E-state index in [0.717, 1.165) is 34.0 Å². The van der Waals surface area contributed by atoms with Crippen LogP contribution in [0.1, 0.15) is 31.0 Å². The lowest BCUT2D eigenvalue weighted by Gasteiger charge is -2.04. The first-order valence-corrected chi connectivity index (χ1v) is 9.71. The highest BCUT2D eigenvalue weighted by atomic mass is 79.9. The molecule has 1 aromatic carbocycles. The quantitative estimate of drug-likeness (QED) is 0.608. The summed E-state index contributed by atoms with van der Waals surface area (Å²) in [7, 11) is 0. The van der Waals surface area contributed by atoms with Crippen molar-refractivity contribution < 1.29 is 4.42 Å². The van der Waals surface area contributed by atoms with Crippen LogP contribution in [0.4, 0.5) is 0 Å². The monoisotopic (exact) mass is 405 g/mol. The molecular formula is C16H16BrN5OS. The predicted molar refractivity (Wildman–Crippen MR) is 94.6 cm³/mol. The zero-order chi connectivity index (χ0) is 16.4. The van der Waals surface area contributed by atoms with Gasteiger partial charge in [0.15, 0.2) is 5.16 Å². The Hall–Kier alpha value is -1.67. The second-order valence-corrected chi connectivity index (χ2v) is 7.43. The number of halogens is 1. The molecule has 0 N–H and O–H groups in total. The number of benzene rings is 1. The van der Waals surface area contributed by atoms with Crippen LogP contribution in [0.3, 0.4) is 0 Å². The van der Waals surface area contributed by atoms with Gasteiger partial charge in [0.05, 0.1) is 11.3 Å². The second kappa shape index (κ2) is 7.06. The Kier molecular flexibility index (Phi) is 4.66. The van der Waals surface area contributed by atoms with Crippen LogP contribution in [-0.2, 0) is 18.7 Å². The van der Waals surface area contributed by atoms with E-state index in [-0.39, 0.29) is 0 Å². The maximum Gasteiger partial charge on any atom is 0.248 e. The van der Waals surface area contributed by atoms with Crippen LogP contribution < -0.4 is 0 Å². The fourth-order valence-electron chi connectivity index (χ4n) is 2.75. The van der Waals surface area contributed by atoms with E-state index >= 15 is 0 Å². The van der Waals surface area contributed by atoms with Crippen molar-refractivity contribution in [2.75, 3.05) is 0 Å². The zero-order valence-electron chi connectivity index (χ0n) is 13.0. The third-order valence-corrected chi connectivity index (χ3v) is 5.61. The van der Waals surface area contributed by atoms with Gasteiger partial charge in [-0.25, -0.2) is 0 Å². The van der Waals surface area contributed by atoms with E-state index in [1.54, 1.807) is 11.8 Å². The van der Waals surface area contributed by atoms with Crippen molar-refractivity contribution in [3.8, 4) is 11.5 Å². The van der Waals surface area contributed by atoms with E-state index in [9.17, 15) is 0 Å². The average molecular weight is 406 g/mol. The highest BCUT2D eigenvalue weighted by Crippen LogP contribution is 2.29. The molecule has 0 fully saturated rings. The molecule has 0 saturated carbocycles. The van der Waals surface area contributed by atoms with E-state index in [2.05, 4.69) is 40.9 Å². The first-order chi connectivity index (χ1) is 11.8. The van der Waals surface area contributed by atoms with Gasteiger partial charge in [0, 0.05) is 17.4 Å². The Morgan fingerprint density at radius 1 is 1.08 bits per heavy atom. The smallest absolute Gasteiger partial charge is 0.248 e. The maximum atomic E-state index is 5.79. The highest BCUT2D eigenvalue weighted by Gasteiger charge is 2.17. The Labute approximate surface area is 152 Å². The summed E-state index contributed by atoms with van der Waals surface area (Å²) in [5.41, 5.74) is 0.901. The molecule has 8 heteroatoms. The minimum atomic E-state index is 0.526. The molecule has 1 aliphatic heterocycles. The van der Waals surface area contributed by atoms with Crippen LogP contribution in [0.2, 0.25) is 0 Å². The van der Waals surface area contributed by atoms with Gasteiger partial charge < -0.3 is 8.98 Å². The van der Waals surface area contributed by atoms with Crippen LogP contribution >= 0.6 is 27.7 Å². The van der Waals surface area contributed by atoms with E-state index in [4.69, 9.17) is 4.42 Å². The van der Waals surface area contributed by atoms with Gasteiger partial charge >= 0.3 is 0 Å². The van der Waals surface area contributed by atoms with Crippen molar-refractivity contribution in [2.24, 2.45) is 0 Å². The Morgan fingerprint density at radius 2 is 2.00 bits per heavy atom. The fraction of sp³-hybridized carbons (Fsp3) is 0.375. The first-order valence-electron chi connectivity index (χ1n) is 7.93. The standard InChI is InChI=1S/C16H16BrN5OS/c17-12-7-4-3-6-11(12)15-20-19-14(23-15)10-24-16-21-18-13-8-2-1-5-9-22(13)16/h3-4,6-7H,1-2,5,8-10H2. The summed E-state index contributed by atoms with van der Waals surface area (Å²) in [5.74, 6) is 2.81. The van der Waals surface area contributed by atoms with Gasteiger partial charge in [0.25, 0.3) is 0 Å². The number of hydrogen-bond acceptors (Lipinski definition) is 6. The normalized spacial score (nSPS) is 14.4. The molecule has 124 valence electrons. The van der Waals surface area contributed by atoms with Gasteiger partial charge in [-0.2, -0.15) is 0 Å². The topological polar surface area (TPSA) is 69.6 Å². The van der Waals surface area contributed by atoms with E-state index < -0.39 is 0 Å². The summed E-state index contributed by atoms with van der Waals surface area (Å²) in [6.45, 7) is 0.997. The van der Waals surface area contributed by atoms with Gasteiger partial charge in [0.1, 0.15) is 5.82 Å². The molecule has 0 unspecified atom stereocenters. The first kappa shape index (κ1) is 15.8. The Bertz CT molecular complexity index is 847. The third-order valence-electron chi connectivity index (χ3n) is 3.97. The molecule has 2 aromatic heterocycles. The minimum Gasteiger partial charge on any atom is -0.420 e. The SMILES string of the molecule is Brc1ccccc1-c1nnc(CSc2nnc3n2CCCCC3)o1. The van der Waals surface area contributed by atoms with Crippen LogP contribution in [0, 0.1) is 0 Å². The lowest BCUT2D eigenvalue weighted by molar-refractivity contribution is 0.527. The number of thioether (sulfide) groups is 1. The van der Waals surface area contributed by atoms with Gasteiger partial charge in [-0.1, -0.05) is 30.3 Å². The summed E-state index contributed by atoms with van der Waals surface area (Å²) >= 11 is 5.10. The van der Waals surface area contributed by atoms with Crippen LogP contribution in [-0.4, -0.2) is 25.0 Å². The number of aryl methyl sites for hydroxylation is 1. The number of hydrogen-bond donors (Lipinski definition) is 0. The summed E-state index contributed by atoms with van der Waals surface area (Å²) in [6.07, 6.45) is 4.65. The molecule has 24 heavy (non-hydrogen) atoms. The number of rotatable bonds is 4. The average Bonchev–Trinajstić information content (AvgIpc) is 3.14. The molecular weight excluding hydrogens is 390 g/mol. The maximum absolute atomic E-state index is 5.79. The Balaban J connectivity index is 1.48. The molecule has 0 bridgehead atoms. The van der Waals surface area contributed by atoms with Crippen molar-refractivity contribution in [1.29, 1.82) is 0 Å². The van der Waals surface area contributed by atoms with Gasteiger partial charge in [-0.3, -0.25) is 0 Å². The Morgan fingerprint density at radius 3 is 2.92 bits per heavy atom. The van der Waals surface area contributed by atoms with Gasteiger partial charge in [-0.05, 0) is 40.9 Å². The molecule has 1 aliphatic rings. The van der Waals surface area contributed by atoms with Crippen molar-refractivity contribution in [2.45, 2.75) is 43.1 Å². The van der Waals surface area contributed by atoms with Crippen molar-refractivity contribution in [3.63, 3.8) is 0 Å². The molecule has 0 aliphatic carbocycles. The van der Waals surface area contributed by atoms with E-state index in [1.165, 1.54) is 19.3 Å². The number of nitrogens with zero attached hydrogens (tertiary/aromatic N) is 5. The molecule has 4 rings (SSSR count). The molecule has 0 atom stereocenters. The molecule has 6 nitrogen and oxygen atoms in total. The van der Waals surface area contributed by atoms with E-state index in [1.807, 2.05) is 24.3 Å². The van der Waals surface area contributed by atoms with Crippen molar-refractivity contribution >= 4 is 27.7 Å². The third kappa shape index (κ3) is 3.25. The number of aromatic nitrogens is 5. The molecule has 3 heterocycles. The molecule has 0 saturated heterocycles. The van der Waals surface area contributed by atoms with E-state index in [0.29, 0.717) is 17.5 Å². The lowest BCUT2D eigenvalue weighted by atomic mass is 10.2. The summed E-state index contributed by atoms with van der Waals surface area (Å²) in [5, 5.41) is 17.9. The fourth-order valence-corrected chi connectivity index (χ4v) is 4.02. The second-order valence-electron chi connectivity index (χ2n) is 5.63. The summed E-state index contributed by atoms with van der Waals surface area (Å²) in [4.78, 5) is 0. The largest absolute Gasteiger partial charge is 0.420 e. The summed E-state index contributed by atoms with van der Waals surface area (Å²) < 4.78 is 8.95. The van der Waals surface area contributed by atoms with Crippen LogP contribution in [0.25, 0.3) is 11.5 Å². The summed E-state index contributed by atoms with van der Waals surface area (Å²) in [6, 6.07) is 7.81. The van der Waals surface area contributed by atoms with Crippen molar-refractivity contribution in [3.05, 3.63) is 40.5 Å². The molecule has 0 spiro atoms. The zero-order valence-corrected chi connectivity index (χ0v) is 15.4. The number of fused-ring (bicyclic) bond motifs is 1. The lowest BCUT2D eigenvalue weighted by Crippen LogP contribution is -2.02. The molecule has 0 radical (unpaired) electrons. The minimum absolute atomic E-state index is 0.526. The van der Waals surface area contributed by atoms with Gasteiger partial charge in [-0.15, -0.1) is 20.4 Å². The van der Waals surface area contributed by atoms with Gasteiger partial charge in [0.2, 0.25) is 11.8 Å². The molecule has 3 aromatic rings. The highest BCUT2D eigenvalue weighted by molar-refractivity contribution is 9.10. The van der Waals surface area contributed by atoms with Crippen LogP contribution in [0.15, 0.2) is 38.3 Å². The predicted octanol–water partition coefficient (Wildman–Crippen LogP) is 4.11. The van der Waals surface area contributed by atoms with Crippen LogP contribution in [0.5, 0.6) is 0 Å². The van der Waals surface area contributed by atoms with Crippen molar-refractivity contribution in [1.82, 2.24) is 25.0 Å².